The summed E-state index contributed by atoms with van der Waals surface area (Å²) >= 11 is 0. The molecule has 0 saturated carbocycles. The molecular formula is C11H13NO3. The van der Waals surface area contributed by atoms with Crippen molar-refractivity contribution in [3.05, 3.63) is 35.9 Å². The van der Waals surface area contributed by atoms with Gasteiger partial charge in [0.1, 0.15) is 0 Å². The zero-order valence-electron chi connectivity index (χ0n) is 8.22. The second-order valence-corrected chi connectivity index (χ2v) is 3.58. The van der Waals surface area contributed by atoms with Crippen LogP contribution < -0.4 is 5.32 Å². The van der Waals surface area contributed by atoms with Crippen LogP contribution in [-0.2, 0) is 4.74 Å². The minimum Gasteiger partial charge on any atom is -0.465 e. The Bertz CT molecular complexity index is 335. The van der Waals surface area contributed by atoms with E-state index in [4.69, 9.17) is 9.84 Å². The van der Waals surface area contributed by atoms with Gasteiger partial charge in [-0.1, -0.05) is 30.3 Å². The van der Waals surface area contributed by atoms with Crippen LogP contribution in [0.25, 0.3) is 0 Å². The highest BCUT2D eigenvalue weighted by atomic mass is 16.6. The molecule has 2 N–H and O–H groups in total. The van der Waals surface area contributed by atoms with Crippen molar-refractivity contribution < 1.29 is 14.6 Å². The summed E-state index contributed by atoms with van der Waals surface area (Å²) in [5, 5.41) is 11.0. The molecular weight excluding hydrogens is 194 g/mol. The van der Waals surface area contributed by atoms with Crippen molar-refractivity contribution in [3.8, 4) is 0 Å². The van der Waals surface area contributed by atoms with Gasteiger partial charge in [-0.25, -0.2) is 4.79 Å². The first-order valence-electron chi connectivity index (χ1n) is 4.90. The predicted octanol–water partition coefficient (Wildman–Crippen LogP) is 1.44. The number of hydrogen-bond donors (Lipinski definition) is 2. The third-order valence-electron chi connectivity index (χ3n) is 2.51. The van der Waals surface area contributed by atoms with E-state index in [0.29, 0.717) is 6.54 Å². The number of carbonyl (C=O) groups is 1. The number of ether oxygens (including phenoxy) is 1. The van der Waals surface area contributed by atoms with Gasteiger partial charge >= 0.3 is 6.09 Å². The lowest BCUT2D eigenvalue weighted by Gasteiger charge is -2.14. The predicted molar refractivity (Wildman–Crippen MR) is 55.0 cm³/mol. The van der Waals surface area contributed by atoms with Crippen LogP contribution in [0.1, 0.15) is 11.5 Å². The van der Waals surface area contributed by atoms with Gasteiger partial charge in [0, 0.05) is 12.5 Å². The molecule has 1 aromatic carbocycles. The van der Waals surface area contributed by atoms with Crippen LogP contribution in [0.5, 0.6) is 0 Å². The number of hydrogen-bond acceptors (Lipinski definition) is 2. The summed E-state index contributed by atoms with van der Waals surface area (Å²) in [4.78, 5) is 10.4. The SMILES string of the molecule is O=C(O)NCC(c1ccccc1)[C@H]1CO1. The molecule has 1 aliphatic rings. The molecule has 15 heavy (non-hydrogen) atoms. The van der Waals surface area contributed by atoms with Crippen molar-refractivity contribution in [1.82, 2.24) is 5.32 Å². The number of carboxylic acid groups (broad SMARTS) is 1. The molecule has 1 aliphatic heterocycles. The molecule has 1 aromatic rings. The van der Waals surface area contributed by atoms with Gasteiger partial charge in [0.2, 0.25) is 0 Å². The fourth-order valence-electron chi connectivity index (χ4n) is 1.65. The summed E-state index contributed by atoms with van der Waals surface area (Å²) in [7, 11) is 0. The van der Waals surface area contributed by atoms with Gasteiger partial charge in [0.15, 0.2) is 0 Å². The van der Waals surface area contributed by atoms with E-state index in [9.17, 15) is 4.79 Å². The Hall–Kier alpha value is -1.55. The van der Waals surface area contributed by atoms with Gasteiger partial charge in [0.25, 0.3) is 0 Å². The van der Waals surface area contributed by atoms with Crippen molar-refractivity contribution in [3.63, 3.8) is 0 Å². The van der Waals surface area contributed by atoms with Crippen molar-refractivity contribution >= 4 is 6.09 Å². The molecule has 80 valence electrons. The molecule has 1 heterocycles. The molecule has 1 saturated heterocycles. The van der Waals surface area contributed by atoms with Crippen LogP contribution >= 0.6 is 0 Å². The minimum absolute atomic E-state index is 0.127. The Morgan fingerprint density at radius 1 is 1.53 bits per heavy atom. The van der Waals surface area contributed by atoms with Crippen LogP contribution in [0.2, 0.25) is 0 Å². The van der Waals surface area contributed by atoms with E-state index in [2.05, 4.69) is 5.32 Å². The Morgan fingerprint density at radius 3 is 2.73 bits per heavy atom. The lowest BCUT2D eigenvalue weighted by Crippen LogP contribution is -2.29. The molecule has 0 aliphatic carbocycles. The number of amides is 1. The monoisotopic (exact) mass is 207 g/mol. The zero-order valence-corrected chi connectivity index (χ0v) is 8.22. The fraction of sp³-hybridized carbons (Fsp3) is 0.364. The molecule has 1 fully saturated rings. The van der Waals surface area contributed by atoms with Gasteiger partial charge in [-0.3, -0.25) is 0 Å². The number of nitrogens with one attached hydrogen (secondary N) is 1. The molecule has 1 amide bonds. The third kappa shape index (κ3) is 2.70. The van der Waals surface area contributed by atoms with Crippen molar-refractivity contribution in [2.75, 3.05) is 13.2 Å². The molecule has 0 bridgehead atoms. The largest absolute Gasteiger partial charge is 0.465 e. The van der Waals surface area contributed by atoms with Crippen LogP contribution in [0.15, 0.2) is 30.3 Å². The first-order chi connectivity index (χ1) is 7.27. The standard InChI is InChI=1S/C11H13NO3/c13-11(14)12-6-9(10-7-15-10)8-4-2-1-3-5-8/h1-5,9-10,12H,6-7H2,(H,13,14)/t9?,10-/m1/s1. The van der Waals surface area contributed by atoms with Gasteiger partial charge in [0.05, 0.1) is 12.7 Å². The zero-order chi connectivity index (χ0) is 10.7. The van der Waals surface area contributed by atoms with E-state index in [1.54, 1.807) is 0 Å². The van der Waals surface area contributed by atoms with E-state index < -0.39 is 6.09 Å². The summed E-state index contributed by atoms with van der Waals surface area (Å²) in [6.45, 7) is 1.13. The molecule has 0 aromatic heterocycles. The van der Waals surface area contributed by atoms with Crippen molar-refractivity contribution in [2.24, 2.45) is 0 Å². The number of epoxide rings is 1. The molecule has 2 rings (SSSR count). The molecule has 2 atom stereocenters. The summed E-state index contributed by atoms with van der Waals surface area (Å²) in [5.74, 6) is 0.127. The first-order valence-corrected chi connectivity index (χ1v) is 4.90. The lowest BCUT2D eigenvalue weighted by atomic mass is 9.96. The minimum atomic E-state index is -0.989. The Balaban J connectivity index is 2.03. The van der Waals surface area contributed by atoms with Crippen LogP contribution in [-0.4, -0.2) is 30.5 Å². The van der Waals surface area contributed by atoms with E-state index in [-0.39, 0.29) is 12.0 Å². The highest BCUT2D eigenvalue weighted by Crippen LogP contribution is 2.29. The van der Waals surface area contributed by atoms with Gasteiger partial charge in [-0.2, -0.15) is 0 Å². The summed E-state index contributed by atoms with van der Waals surface area (Å²) in [6, 6.07) is 9.83. The van der Waals surface area contributed by atoms with Crippen molar-refractivity contribution in [2.45, 2.75) is 12.0 Å². The van der Waals surface area contributed by atoms with E-state index in [1.165, 1.54) is 0 Å². The average Bonchev–Trinajstić information content (AvgIpc) is 3.03. The Morgan fingerprint density at radius 2 is 2.20 bits per heavy atom. The second-order valence-electron chi connectivity index (χ2n) is 3.58. The normalized spacial score (nSPS) is 20.7. The van der Waals surface area contributed by atoms with E-state index in [0.717, 1.165) is 12.2 Å². The Kier molecular flexibility index (Phi) is 2.87. The maximum absolute atomic E-state index is 10.4. The molecule has 0 spiro atoms. The molecule has 4 heteroatoms. The van der Waals surface area contributed by atoms with Gasteiger partial charge < -0.3 is 15.2 Å². The van der Waals surface area contributed by atoms with E-state index in [1.807, 2.05) is 30.3 Å². The van der Waals surface area contributed by atoms with Crippen LogP contribution in [0, 0.1) is 0 Å². The topological polar surface area (TPSA) is 61.9 Å². The smallest absolute Gasteiger partial charge is 0.404 e. The molecule has 0 radical (unpaired) electrons. The first kappa shape index (κ1) is 9.98. The van der Waals surface area contributed by atoms with Crippen LogP contribution in [0.4, 0.5) is 4.79 Å². The quantitative estimate of drug-likeness (QED) is 0.734. The molecule has 4 nitrogen and oxygen atoms in total. The van der Waals surface area contributed by atoms with Crippen molar-refractivity contribution in [1.29, 1.82) is 0 Å². The summed E-state index contributed by atoms with van der Waals surface area (Å²) in [5.41, 5.74) is 1.12. The highest BCUT2D eigenvalue weighted by Gasteiger charge is 2.33. The van der Waals surface area contributed by atoms with Crippen LogP contribution in [0.3, 0.4) is 0 Å². The number of rotatable bonds is 4. The van der Waals surface area contributed by atoms with Gasteiger partial charge in [-0.15, -0.1) is 0 Å². The third-order valence-corrected chi connectivity index (χ3v) is 2.51. The maximum atomic E-state index is 10.4. The number of benzene rings is 1. The summed E-state index contributed by atoms with van der Waals surface area (Å²) < 4.78 is 5.22. The molecule has 1 unspecified atom stereocenters. The summed E-state index contributed by atoms with van der Waals surface area (Å²) in [6.07, 6.45) is -0.823. The second kappa shape index (κ2) is 4.31. The highest BCUT2D eigenvalue weighted by molar-refractivity contribution is 5.64. The fourth-order valence-corrected chi connectivity index (χ4v) is 1.65. The lowest BCUT2D eigenvalue weighted by molar-refractivity contribution is 0.193. The van der Waals surface area contributed by atoms with Gasteiger partial charge in [-0.05, 0) is 5.56 Å². The van der Waals surface area contributed by atoms with E-state index >= 15 is 0 Å². The maximum Gasteiger partial charge on any atom is 0.404 e. The Labute approximate surface area is 87.9 Å². The average molecular weight is 207 g/mol.